The molecule has 8 nitrogen and oxygen atoms in total. The molecule has 1 fully saturated rings. The third-order valence-electron chi connectivity index (χ3n) is 4.97. The summed E-state index contributed by atoms with van der Waals surface area (Å²) in [4.78, 5) is 20.6. The van der Waals surface area contributed by atoms with Gasteiger partial charge in [-0.05, 0) is 32.3 Å². The number of hydrogen-bond acceptors (Lipinski definition) is 6. The minimum Gasteiger partial charge on any atom is -0.395 e. The number of aliphatic hydroxyl groups excluding tert-OH is 1. The molecule has 140 valence electrons. The highest BCUT2D eigenvalue weighted by Gasteiger charge is 2.32. The molecule has 2 heterocycles. The molecule has 1 amide bonds. The monoisotopic (exact) mass is 358 g/mol. The summed E-state index contributed by atoms with van der Waals surface area (Å²) in [6, 6.07) is 2.12. The van der Waals surface area contributed by atoms with E-state index in [-0.39, 0.29) is 18.6 Å². The van der Waals surface area contributed by atoms with Crippen LogP contribution in [0.4, 0.5) is 5.82 Å². The summed E-state index contributed by atoms with van der Waals surface area (Å²) in [5, 5.41) is 22.2. The number of nitrogens with one attached hydrogen (secondary N) is 3. The normalized spacial score (nSPS) is 19.0. The number of aryl methyl sites for hydroxylation is 2. The summed E-state index contributed by atoms with van der Waals surface area (Å²) in [7, 11) is 0. The number of carbonyl (C=O) groups excluding carboxylic acids is 1. The molecule has 8 heteroatoms. The minimum absolute atomic E-state index is 0.0637. The predicted octanol–water partition coefficient (Wildman–Crippen LogP) is 1.22. The van der Waals surface area contributed by atoms with Crippen molar-refractivity contribution in [2.75, 3.05) is 18.5 Å². The highest BCUT2D eigenvalue weighted by atomic mass is 16.3. The van der Waals surface area contributed by atoms with Gasteiger partial charge in [-0.1, -0.05) is 0 Å². The van der Waals surface area contributed by atoms with Crippen LogP contribution < -0.4 is 10.6 Å². The topological polar surface area (TPSA) is 116 Å². The maximum atomic E-state index is 12.1. The van der Waals surface area contributed by atoms with E-state index >= 15 is 0 Å². The maximum Gasteiger partial charge on any atom is 0.220 e. The van der Waals surface area contributed by atoms with Crippen molar-refractivity contribution in [3.05, 3.63) is 35.0 Å². The third-order valence-corrected chi connectivity index (χ3v) is 4.97. The molecule has 0 radical (unpaired) electrons. The van der Waals surface area contributed by atoms with Gasteiger partial charge < -0.3 is 15.7 Å². The number of aromatic nitrogens is 4. The van der Waals surface area contributed by atoms with Gasteiger partial charge in [-0.15, -0.1) is 0 Å². The Balaban J connectivity index is 1.42. The van der Waals surface area contributed by atoms with Crippen LogP contribution in [0.15, 0.2) is 12.4 Å². The van der Waals surface area contributed by atoms with Crippen molar-refractivity contribution in [1.82, 2.24) is 25.5 Å². The van der Waals surface area contributed by atoms with E-state index in [9.17, 15) is 4.79 Å². The van der Waals surface area contributed by atoms with Crippen molar-refractivity contribution in [3.8, 4) is 0 Å². The molecule has 2 aromatic rings. The number of aliphatic hydroxyl groups is 1. The van der Waals surface area contributed by atoms with E-state index in [4.69, 9.17) is 5.11 Å². The van der Waals surface area contributed by atoms with E-state index in [0.29, 0.717) is 25.3 Å². The Morgan fingerprint density at radius 1 is 1.35 bits per heavy atom. The predicted molar refractivity (Wildman–Crippen MR) is 97.9 cm³/mol. The SMILES string of the molecule is Cc1[nH]nc(CCC(=O)NC2CC(c3cc(NCCO)ncn3)C2)c1C. The van der Waals surface area contributed by atoms with Crippen molar-refractivity contribution in [2.45, 2.75) is 51.5 Å². The average molecular weight is 358 g/mol. The summed E-state index contributed by atoms with van der Waals surface area (Å²) < 4.78 is 0. The molecule has 1 saturated carbocycles. The van der Waals surface area contributed by atoms with Crippen LogP contribution in [0.2, 0.25) is 0 Å². The van der Waals surface area contributed by atoms with Gasteiger partial charge in [0.1, 0.15) is 12.1 Å². The Morgan fingerprint density at radius 2 is 2.15 bits per heavy atom. The standard InChI is InChI=1S/C18H26N6O2/c1-11-12(2)23-24-15(11)3-4-18(26)22-14-7-13(8-14)16-9-17(19-5-6-25)21-10-20-16/h9-10,13-14,25H,3-8H2,1-2H3,(H,22,26)(H,23,24)(H,19,20,21). The van der Waals surface area contributed by atoms with Gasteiger partial charge in [0, 0.05) is 48.8 Å². The zero-order valence-corrected chi connectivity index (χ0v) is 15.2. The van der Waals surface area contributed by atoms with Gasteiger partial charge in [-0.2, -0.15) is 5.10 Å². The highest BCUT2D eigenvalue weighted by Crippen LogP contribution is 2.36. The highest BCUT2D eigenvalue weighted by molar-refractivity contribution is 5.76. The fraction of sp³-hybridized carbons (Fsp3) is 0.556. The number of hydrogen-bond donors (Lipinski definition) is 4. The second-order valence-electron chi connectivity index (χ2n) is 6.83. The Hall–Kier alpha value is -2.48. The Bertz CT molecular complexity index is 754. The number of carbonyl (C=O) groups is 1. The average Bonchev–Trinajstić information content (AvgIpc) is 2.93. The molecule has 1 aliphatic rings. The van der Waals surface area contributed by atoms with Gasteiger partial charge in [-0.25, -0.2) is 9.97 Å². The van der Waals surface area contributed by atoms with Crippen molar-refractivity contribution in [3.63, 3.8) is 0 Å². The smallest absolute Gasteiger partial charge is 0.220 e. The molecule has 0 aliphatic heterocycles. The first kappa shape index (κ1) is 18.3. The second-order valence-corrected chi connectivity index (χ2v) is 6.83. The third kappa shape index (κ3) is 4.37. The summed E-state index contributed by atoms with van der Waals surface area (Å²) in [6.45, 7) is 4.54. The Kier molecular flexibility index (Phi) is 5.82. The lowest BCUT2D eigenvalue weighted by Gasteiger charge is -2.35. The molecule has 4 N–H and O–H groups in total. The van der Waals surface area contributed by atoms with Crippen LogP contribution in [0.3, 0.4) is 0 Å². The first-order chi connectivity index (χ1) is 12.6. The fourth-order valence-electron chi connectivity index (χ4n) is 3.16. The van der Waals surface area contributed by atoms with Crippen molar-refractivity contribution in [1.29, 1.82) is 0 Å². The first-order valence-electron chi connectivity index (χ1n) is 9.03. The quantitative estimate of drug-likeness (QED) is 0.564. The van der Waals surface area contributed by atoms with Crippen LogP contribution in [0.5, 0.6) is 0 Å². The molecule has 0 spiro atoms. The van der Waals surface area contributed by atoms with Gasteiger partial charge in [0.15, 0.2) is 0 Å². The van der Waals surface area contributed by atoms with Crippen LogP contribution in [0.25, 0.3) is 0 Å². The van der Waals surface area contributed by atoms with Gasteiger partial charge >= 0.3 is 0 Å². The Labute approximate surface area is 152 Å². The molecule has 1 aliphatic carbocycles. The molecule has 0 unspecified atom stereocenters. The van der Waals surface area contributed by atoms with E-state index < -0.39 is 0 Å². The minimum atomic E-state index is 0.0637. The molecule has 0 atom stereocenters. The van der Waals surface area contributed by atoms with Crippen molar-refractivity contribution < 1.29 is 9.90 Å². The number of aromatic amines is 1. The maximum absolute atomic E-state index is 12.1. The first-order valence-corrected chi connectivity index (χ1v) is 9.03. The van der Waals surface area contributed by atoms with Gasteiger partial charge in [0.05, 0.1) is 12.3 Å². The molecule has 2 aromatic heterocycles. The van der Waals surface area contributed by atoms with Crippen molar-refractivity contribution in [2.24, 2.45) is 0 Å². The zero-order chi connectivity index (χ0) is 18.5. The van der Waals surface area contributed by atoms with E-state index in [2.05, 4.69) is 30.8 Å². The Morgan fingerprint density at radius 3 is 2.85 bits per heavy atom. The van der Waals surface area contributed by atoms with Gasteiger partial charge in [0.25, 0.3) is 0 Å². The van der Waals surface area contributed by atoms with Crippen LogP contribution in [0.1, 0.15) is 47.8 Å². The van der Waals surface area contributed by atoms with E-state index in [1.807, 2.05) is 19.9 Å². The number of H-pyrrole nitrogens is 1. The zero-order valence-electron chi connectivity index (χ0n) is 15.2. The van der Waals surface area contributed by atoms with Crippen molar-refractivity contribution >= 4 is 11.7 Å². The number of nitrogens with zero attached hydrogens (tertiary/aromatic N) is 3. The lowest BCUT2D eigenvalue weighted by Crippen LogP contribution is -2.43. The largest absolute Gasteiger partial charge is 0.395 e. The summed E-state index contributed by atoms with van der Waals surface area (Å²) in [5.41, 5.74) is 4.14. The van der Waals surface area contributed by atoms with Crippen LogP contribution in [-0.4, -0.2) is 50.4 Å². The lowest BCUT2D eigenvalue weighted by atomic mass is 9.78. The van der Waals surface area contributed by atoms with E-state index in [1.54, 1.807) is 0 Å². The molecular weight excluding hydrogens is 332 g/mol. The summed E-state index contributed by atoms with van der Waals surface area (Å²) in [6.07, 6.45) is 4.43. The molecule has 26 heavy (non-hydrogen) atoms. The van der Waals surface area contributed by atoms with E-state index in [0.717, 1.165) is 41.3 Å². The molecule has 3 rings (SSSR count). The number of rotatable bonds is 8. The van der Waals surface area contributed by atoms with Gasteiger partial charge in [-0.3, -0.25) is 9.89 Å². The van der Waals surface area contributed by atoms with E-state index in [1.165, 1.54) is 6.33 Å². The summed E-state index contributed by atoms with van der Waals surface area (Å²) in [5.74, 6) is 1.14. The van der Waals surface area contributed by atoms with Crippen LogP contribution in [-0.2, 0) is 11.2 Å². The number of amides is 1. The van der Waals surface area contributed by atoms with Crippen LogP contribution in [0, 0.1) is 13.8 Å². The second kappa shape index (κ2) is 8.27. The molecule has 0 aromatic carbocycles. The fourth-order valence-corrected chi connectivity index (χ4v) is 3.16. The van der Waals surface area contributed by atoms with Crippen LogP contribution >= 0.6 is 0 Å². The summed E-state index contributed by atoms with van der Waals surface area (Å²) >= 11 is 0. The molecule has 0 saturated heterocycles. The number of anilines is 1. The molecular formula is C18H26N6O2. The van der Waals surface area contributed by atoms with Gasteiger partial charge in [0.2, 0.25) is 5.91 Å². The lowest BCUT2D eigenvalue weighted by molar-refractivity contribution is -0.122. The molecule has 0 bridgehead atoms.